The topological polar surface area (TPSA) is 61.8 Å². The standard InChI is InChI=1S/C24H30Cl2N2O3/c1-17-16-28(12-10-24(17,30)15-19-4-6-20(25)7-5-19)11-3-13-31-23-9-8-21(26)14-22(23)27-18(2)29/h4-9,14,17,30H,3,10-13,15-16H2,1-2H3,(H,27,29). The van der Waals surface area contributed by atoms with Gasteiger partial charge in [-0.05, 0) is 54.7 Å². The molecule has 2 unspecified atom stereocenters. The summed E-state index contributed by atoms with van der Waals surface area (Å²) in [6.07, 6.45) is 2.23. The molecule has 1 aliphatic rings. The van der Waals surface area contributed by atoms with Crippen LogP contribution in [0.5, 0.6) is 5.75 Å². The molecule has 31 heavy (non-hydrogen) atoms. The van der Waals surface area contributed by atoms with Crippen molar-refractivity contribution in [3.63, 3.8) is 0 Å². The molecular weight excluding hydrogens is 435 g/mol. The number of ether oxygens (including phenoxy) is 1. The minimum absolute atomic E-state index is 0.166. The molecule has 1 fully saturated rings. The van der Waals surface area contributed by atoms with E-state index in [0.29, 0.717) is 34.5 Å². The summed E-state index contributed by atoms with van der Waals surface area (Å²) in [5, 5.41) is 15.2. The molecule has 0 saturated carbocycles. The Labute approximate surface area is 194 Å². The fourth-order valence-corrected chi connectivity index (χ4v) is 4.35. The summed E-state index contributed by atoms with van der Waals surface area (Å²) < 4.78 is 5.88. The molecule has 1 aliphatic heterocycles. The Balaban J connectivity index is 1.46. The van der Waals surface area contributed by atoms with E-state index in [1.165, 1.54) is 6.92 Å². The normalized spacial score (nSPS) is 21.6. The first-order valence-electron chi connectivity index (χ1n) is 10.6. The van der Waals surface area contributed by atoms with Gasteiger partial charge in [0.1, 0.15) is 5.75 Å². The molecule has 168 valence electrons. The van der Waals surface area contributed by atoms with Crippen LogP contribution in [0.15, 0.2) is 42.5 Å². The number of benzene rings is 2. The predicted octanol–water partition coefficient (Wildman–Crippen LogP) is 5.04. The van der Waals surface area contributed by atoms with Crippen LogP contribution in [0.1, 0.15) is 32.3 Å². The Morgan fingerprint density at radius 1 is 1.23 bits per heavy atom. The smallest absolute Gasteiger partial charge is 0.221 e. The third-order valence-electron chi connectivity index (χ3n) is 5.86. The van der Waals surface area contributed by atoms with Gasteiger partial charge in [-0.2, -0.15) is 0 Å². The maximum atomic E-state index is 11.4. The highest BCUT2D eigenvalue weighted by Gasteiger charge is 2.38. The number of aliphatic hydroxyl groups is 1. The largest absolute Gasteiger partial charge is 0.491 e. The number of rotatable bonds is 8. The van der Waals surface area contributed by atoms with E-state index in [1.807, 2.05) is 24.3 Å². The first-order valence-corrected chi connectivity index (χ1v) is 11.4. The number of piperidine rings is 1. The summed E-state index contributed by atoms with van der Waals surface area (Å²) in [7, 11) is 0. The Kier molecular flexibility index (Phi) is 8.23. The van der Waals surface area contributed by atoms with Crippen molar-refractivity contribution in [1.29, 1.82) is 0 Å². The second kappa shape index (κ2) is 10.7. The highest BCUT2D eigenvalue weighted by atomic mass is 35.5. The lowest BCUT2D eigenvalue weighted by Gasteiger charge is -2.43. The van der Waals surface area contributed by atoms with Gasteiger partial charge in [0.15, 0.2) is 0 Å². The molecule has 2 aromatic rings. The Hall–Kier alpha value is -1.79. The van der Waals surface area contributed by atoms with Crippen LogP contribution >= 0.6 is 23.2 Å². The molecule has 0 spiro atoms. The van der Waals surface area contributed by atoms with Crippen molar-refractivity contribution in [2.75, 3.05) is 31.6 Å². The maximum Gasteiger partial charge on any atom is 0.221 e. The number of nitrogens with one attached hydrogen (secondary N) is 1. The third-order valence-corrected chi connectivity index (χ3v) is 6.35. The van der Waals surface area contributed by atoms with Gasteiger partial charge in [-0.25, -0.2) is 0 Å². The Bertz CT molecular complexity index is 891. The number of hydrogen-bond donors (Lipinski definition) is 2. The highest BCUT2D eigenvalue weighted by molar-refractivity contribution is 6.31. The number of hydrogen-bond acceptors (Lipinski definition) is 4. The van der Waals surface area contributed by atoms with Crippen molar-refractivity contribution in [2.45, 2.75) is 38.7 Å². The van der Waals surface area contributed by atoms with Gasteiger partial charge in [-0.1, -0.05) is 42.3 Å². The van der Waals surface area contributed by atoms with Crippen molar-refractivity contribution < 1.29 is 14.6 Å². The van der Waals surface area contributed by atoms with Crippen molar-refractivity contribution in [2.24, 2.45) is 5.92 Å². The monoisotopic (exact) mass is 464 g/mol. The molecule has 0 aromatic heterocycles. The van der Waals surface area contributed by atoms with E-state index < -0.39 is 5.60 Å². The molecule has 0 aliphatic carbocycles. The SMILES string of the molecule is CC(=O)Nc1cc(Cl)ccc1OCCCN1CCC(O)(Cc2ccc(Cl)cc2)C(C)C1. The lowest BCUT2D eigenvalue weighted by molar-refractivity contribution is -0.114. The molecule has 3 rings (SSSR count). The van der Waals surface area contributed by atoms with Gasteiger partial charge in [0.05, 0.1) is 17.9 Å². The zero-order chi connectivity index (χ0) is 22.4. The van der Waals surface area contributed by atoms with Gasteiger partial charge in [0.2, 0.25) is 5.91 Å². The number of amides is 1. The maximum absolute atomic E-state index is 11.4. The molecule has 0 bridgehead atoms. The molecule has 2 aromatic carbocycles. The second-order valence-corrected chi connectivity index (χ2v) is 9.26. The van der Waals surface area contributed by atoms with Gasteiger partial charge in [0, 0.05) is 43.0 Å². The van der Waals surface area contributed by atoms with Gasteiger partial charge in [-0.3, -0.25) is 4.79 Å². The summed E-state index contributed by atoms with van der Waals surface area (Å²) >= 11 is 12.0. The van der Waals surface area contributed by atoms with E-state index in [0.717, 1.165) is 38.0 Å². The summed E-state index contributed by atoms with van der Waals surface area (Å²) in [5.74, 6) is 0.616. The van der Waals surface area contributed by atoms with Crippen molar-refractivity contribution in [3.05, 3.63) is 58.1 Å². The van der Waals surface area contributed by atoms with Crippen LogP contribution in [0.25, 0.3) is 0 Å². The lowest BCUT2D eigenvalue weighted by atomic mass is 9.78. The van der Waals surface area contributed by atoms with Crippen LogP contribution in [0.4, 0.5) is 5.69 Å². The molecule has 2 N–H and O–H groups in total. The molecule has 0 radical (unpaired) electrons. The summed E-state index contributed by atoms with van der Waals surface area (Å²) in [5.41, 5.74) is 0.995. The second-order valence-electron chi connectivity index (χ2n) is 8.38. The van der Waals surface area contributed by atoms with Gasteiger partial charge in [-0.15, -0.1) is 0 Å². The van der Waals surface area contributed by atoms with Crippen LogP contribution in [-0.2, 0) is 11.2 Å². The fraction of sp³-hybridized carbons (Fsp3) is 0.458. The zero-order valence-corrected chi connectivity index (χ0v) is 19.5. The van der Waals surface area contributed by atoms with Crippen LogP contribution < -0.4 is 10.1 Å². The van der Waals surface area contributed by atoms with Crippen LogP contribution in [0.2, 0.25) is 10.0 Å². The minimum Gasteiger partial charge on any atom is -0.491 e. The van der Waals surface area contributed by atoms with Gasteiger partial charge in [0.25, 0.3) is 0 Å². The molecule has 5 nitrogen and oxygen atoms in total. The Morgan fingerprint density at radius 2 is 1.94 bits per heavy atom. The molecule has 7 heteroatoms. The summed E-state index contributed by atoms with van der Waals surface area (Å²) in [6.45, 7) is 6.70. The van der Waals surface area contributed by atoms with Crippen molar-refractivity contribution >= 4 is 34.8 Å². The molecule has 2 atom stereocenters. The van der Waals surface area contributed by atoms with Crippen molar-refractivity contribution in [3.8, 4) is 5.75 Å². The van der Waals surface area contributed by atoms with E-state index in [-0.39, 0.29) is 11.8 Å². The average Bonchev–Trinajstić information content (AvgIpc) is 2.71. The molecular formula is C24H30Cl2N2O3. The molecule has 1 saturated heterocycles. The van der Waals surface area contributed by atoms with E-state index in [4.69, 9.17) is 27.9 Å². The number of likely N-dealkylation sites (tertiary alicyclic amines) is 1. The molecule has 1 amide bonds. The van der Waals surface area contributed by atoms with E-state index in [9.17, 15) is 9.90 Å². The van der Waals surface area contributed by atoms with E-state index in [1.54, 1.807) is 18.2 Å². The average molecular weight is 465 g/mol. The van der Waals surface area contributed by atoms with Crippen LogP contribution in [0, 0.1) is 5.92 Å². The summed E-state index contributed by atoms with van der Waals surface area (Å²) in [4.78, 5) is 13.8. The first-order chi connectivity index (χ1) is 14.7. The summed E-state index contributed by atoms with van der Waals surface area (Å²) in [6, 6.07) is 12.9. The zero-order valence-electron chi connectivity index (χ0n) is 18.0. The van der Waals surface area contributed by atoms with E-state index in [2.05, 4.69) is 17.1 Å². The number of carbonyl (C=O) groups excluding carboxylic acids is 1. The number of anilines is 1. The number of nitrogens with zero attached hydrogens (tertiary/aromatic N) is 1. The first kappa shape index (κ1) is 23.9. The number of carbonyl (C=O) groups is 1. The quantitative estimate of drug-likeness (QED) is 0.537. The van der Waals surface area contributed by atoms with Crippen molar-refractivity contribution in [1.82, 2.24) is 4.90 Å². The number of halogens is 2. The Morgan fingerprint density at radius 3 is 2.61 bits per heavy atom. The van der Waals surface area contributed by atoms with Crippen LogP contribution in [0.3, 0.4) is 0 Å². The van der Waals surface area contributed by atoms with Crippen LogP contribution in [-0.4, -0.2) is 47.8 Å². The van der Waals surface area contributed by atoms with Gasteiger partial charge < -0.3 is 20.1 Å². The van der Waals surface area contributed by atoms with E-state index >= 15 is 0 Å². The third kappa shape index (κ3) is 6.84. The highest BCUT2D eigenvalue weighted by Crippen LogP contribution is 2.32. The lowest BCUT2D eigenvalue weighted by Crippen LogP contribution is -2.52. The molecule has 1 heterocycles. The van der Waals surface area contributed by atoms with Gasteiger partial charge >= 0.3 is 0 Å². The predicted molar refractivity (Wildman–Crippen MR) is 126 cm³/mol. The minimum atomic E-state index is -0.697. The fourth-order valence-electron chi connectivity index (χ4n) is 4.05.